The number of nitrogens with one attached hydrogen (secondary N) is 1. The second-order valence-electron chi connectivity index (χ2n) is 4.93. The Bertz CT molecular complexity index is 461. The maximum absolute atomic E-state index is 13.7. The fourth-order valence-electron chi connectivity index (χ4n) is 2.33. The summed E-state index contributed by atoms with van der Waals surface area (Å²) in [6.45, 7) is 1.18. The lowest BCUT2D eigenvalue weighted by molar-refractivity contribution is -0.133. The van der Waals surface area contributed by atoms with Crippen LogP contribution in [-0.4, -0.2) is 30.4 Å². The molecule has 104 valence electrons. The Hall–Kier alpha value is -0.940. The molecule has 0 spiro atoms. The van der Waals surface area contributed by atoms with Gasteiger partial charge in [0.05, 0.1) is 6.04 Å². The van der Waals surface area contributed by atoms with E-state index >= 15 is 0 Å². The number of likely N-dealkylation sites (N-methyl/N-ethyl adjacent to an activating group) is 1. The molecule has 1 saturated heterocycles. The van der Waals surface area contributed by atoms with Gasteiger partial charge in [0.15, 0.2) is 0 Å². The van der Waals surface area contributed by atoms with Crippen molar-refractivity contribution in [2.24, 2.45) is 0 Å². The van der Waals surface area contributed by atoms with Crippen molar-refractivity contribution in [2.75, 3.05) is 13.6 Å². The standard InChI is InChI=1S/C14H18BrFN2O/c1-18(14(19)13-4-2-3-7-17-13)9-10-8-11(15)5-6-12(10)16/h5-6,8,13,17H,2-4,7,9H2,1H3. The highest BCUT2D eigenvalue weighted by Crippen LogP contribution is 2.18. The van der Waals surface area contributed by atoms with Crippen molar-refractivity contribution in [2.45, 2.75) is 31.8 Å². The topological polar surface area (TPSA) is 32.3 Å². The fraction of sp³-hybridized carbons (Fsp3) is 0.500. The summed E-state index contributed by atoms with van der Waals surface area (Å²) in [6.07, 6.45) is 3.06. The zero-order chi connectivity index (χ0) is 13.8. The molecule has 1 heterocycles. The van der Waals surface area contributed by atoms with Crippen molar-refractivity contribution in [1.29, 1.82) is 0 Å². The van der Waals surface area contributed by atoms with E-state index in [1.165, 1.54) is 6.07 Å². The maximum Gasteiger partial charge on any atom is 0.239 e. The average molecular weight is 329 g/mol. The Morgan fingerprint density at radius 3 is 3.00 bits per heavy atom. The smallest absolute Gasteiger partial charge is 0.239 e. The summed E-state index contributed by atoms with van der Waals surface area (Å²) >= 11 is 3.32. The van der Waals surface area contributed by atoms with E-state index in [-0.39, 0.29) is 17.8 Å². The highest BCUT2D eigenvalue weighted by Gasteiger charge is 2.24. The molecule has 0 aliphatic carbocycles. The molecule has 3 nitrogen and oxygen atoms in total. The Morgan fingerprint density at radius 2 is 2.32 bits per heavy atom. The van der Waals surface area contributed by atoms with Gasteiger partial charge < -0.3 is 10.2 Å². The van der Waals surface area contributed by atoms with Crippen LogP contribution in [0.25, 0.3) is 0 Å². The number of hydrogen-bond donors (Lipinski definition) is 1. The molecule has 1 N–H and O–H groups in total. The van der Waals surface area contributed by atoms with Gasteiger partial charge in [0.25, 0.3) is 0 Å². The molecule has 1 aliphatic rings. The van der Waals surface area contributed by atoms with Gasteiger partial charge in [0.2, 0.25) is 5.91 Å². The number of rotatable bonds is 3. The van der Waals surface area contributed by atoms with Gasteiger partial charge in [-0.25, -0.2) is 4.39 Å². The molecule has 1 atom stereocenters. The number of carbonyl (C=O) groups excluding carboxylic acids is 1. The highest BCUT2D eigenvalue weighted by atomic mass is 79.9. The Balaban J connectivity index is 2.01. The van der Waals surface area contributed by atoms with Crippen molar-refractivity contribution in [1.82, 2.24) is 10.2 Å². The average Bonchev–Trinajstić information content (AvgIpc) is 2.43. The summed E-state index contributed by atoms with van der Waals surface area (Å²) in [7, 11) is 1.72. The van der Waals surface area contributed by atoms with Crippen LogP contribution in [0, 0.1) is 5.82 Å². The molecule has 19 heavy (non-hydrogen) atoms. The summed E-state index contributed by atoms with van der Waals surface area (Å²) < 4.78 is 14.5. The van der Waals surface area contributed by atoms with Crippen molar-refractivity contribution < 1.29 is 9.18 Å². The molecule has 1 aromatic carbocycles. The number of nitrogens with zero attached hydrogens (tertiary/aromatic N) is 1. The van der Waals surface area contributed by atoms with E-state index in [4.69, 9.17) is 0 Å². The predicted octanol–water partition coefficient (Wildman–Crippen LogP) is 2.69. The van der Waals surface area contributed by atoms with Crippen LogP contribution in [0.5, 0.6) is 0 Å². The molecule has 1 amide bonds. The van der Waals surface area contributed by atoms with Crippen LogP contribution in [0.1, 0.15) is 24.8 Å². The van der Waals surface area contributed by atoms with Crippen LogP contribution in [0.3, 0.4) is 0 Å². The minimum Gasteiger partial charge on any atom is -0.340 e. The van der Waals surface area contributed by atoms with Crippen LogP contribution < -0.4 is 5.32 Å². The summed E-state index contributed by atoms with van der Waals surface area (Å²) in [4.78, 5) is 13.8. The van der Waals surface area contributed by atoms with E-state index in [2.05, 4.69) is 21.2 Å². The van der Waals surface area contributed by atoms with Crippen LogP contribution >= 0.6 is 15.9 Å². The van der Waals surface area contributed by atoms with Crippen molar-refractivity contribution >= 4 is 21.8 Å². The predicted molar refractivity (Wildman–Crippen MR) is 76.2 cm³/mol. The number of hydrogen-bond acceptors (Lipinski definition) is 2. The summed E-state index contributed by atoms with van der Waals surface area (Å²) in [5.41, 5.74) is 0.529. The van der Waals surface area contributed by atoms with E-state index in [1.807, 2.05) is 0 Å². The van der Waals surface area contributed by atoms with Crippen LogP contribution in [0.4, 0.5) is 4.39 Å². The first kappa shape index (κ1) is 14.5. The first-order chi connectivity index (χ1) is 9.08. The van der Waals surface area contributed by atoms with Gasteiger partial charge in [-0.3, -0.25) is 4.79 Å². The molecule has 0 saturated carbocycles. The third kappa shape index (κ3) is 3.76. The molecular formula is C14H18BrFN2O. The number of piperidine rings is 1. The quantitative estimate of drug-likeness (QED) is 0.925. The second-order valence-corrected chi connectivity index (χ2v) is 5.85. The third-order valence-electron chi connectivity index (χ3n) is 3.40. The minimum atomic E-state index is -0.278. The largest absolute Gasteiger partial charge is 0.340 e. The molecular weight excluding hydrogens is 311 g/mol. The molecule has 2 rings (SSSR count). The summed E-state index contributed by atoms with van der Waals surface area (Å²) in [5.74, 6) is -0.237. The Kier molecular flexibility index (Phi) is 4.93. The lowest BCUT2D eigenvalue weighted by Crippen LogP contribution is -2.47. The monoisotopic (exact) mass is 328 g/mol. The number of carbonyl (C=O) groups is 1. The van der Waals surface area contributed by atoms with E-state index < -0.39 is 0 Å². The molecule has 0 aromatic heterocycles. The molecule has 5 heteroatoms. The summed E-state index contributed by atoms with van der Waals surface area (Å²) in [6, 6.07) is 4.67. The molecule has 0 radical (unpaired) electrons. The summed E-state index contributed by atoms with van der Waals surface area (Å²) in [5, 5.41) is 3.22. The van der Waals surface area contributed by atoms with Gasteiger partial charge >= 0.3 is 0 Å². The molecule has 0 bridgehead atoms. The zero-order valence-corrected chi connectivity index (χ0v) is 12.5. The molecule has 1 aliphatic heterocycles. The molecule has 1 aromatic rings. The van der Waals surface area contributed by atoms with Crippen molar-refractivity contribution in [3.05, 3.63) is 34.1 Å². The lowest BCUT2D eigenvalue weighted by Gasteiger charge is -2.27. The van der Waals surface area contributed by atoms with Gasteiger partial charge in [-0.2, -0.15) is 0 Å². The van der Waals surface area contributed by atoms with Gasteiger partial charge in [0.1, 0.15) is 5.82 Å². The van der Waals surface area contributed by atoms with Gasteiger partial charge in [0, 0.05) is 23.6 Å². The van der Waals surface area contributed by atoms with Crippen molar-refractivity contribution in [3.8, 4) is 0 Å². The first-order valence-electron chi connectivity index (χ1n) is 6.50. The SMILES string of the molecule is CN(Cc1cc(Br)ccc1F)C(=O)C1CCCCN1. The van der Waals surface area contributed by atoms with Crippen LogP contribution in [0.15, 0.2) is 22.7 Å². The maximum atomic E-state index is 13.7. The zero-order valence-electron chi connectivity index (χ0n) is 11.0. The first-order valence-corrected chi connectivity index (χ1v) is 7.29. The van der Waals surface area contributed by atoms with E-state index in [0.717, 1.165) is 30.3 Å². The molecule has 1 fully saturated rings. The van der Waals surface area contributed by atoms with Gasteiger partial charge in [-0.1, -0.05) is 22.4 Å². The second kappa shape index (κ2) is 6.48. The van der Waals surface area contributed by atoms with Gasteiger partial charge in [-0.05, 0) is 37.6 Å². The minimum absolute atomic E-state index is 0.0408. The normalized spacial score (nSPS) is 19.2. The van der Waals surface area contributed by atoms with Crippen LogP contribution in [-0.2, 0) is 11.3 Å². The Labute approximate surface area is 121 Å². The lowest BCUT2D eigenvalue weighted by atomic mass is 10.0. The van der Waals surface area contributed by atoms with E-state index in [0.29, 0.717) is 12.1 Å². The van der Waals surface area contributed by atoms with Crippen LogP contribution in [0.2, 0.25) is 0 Å². The van der Waals surface area contributed by atoms with E-state index in [1.54, 1.807) is 24.1 Å². The Morgan fingerprint density at radius 1 is 1.53 bits per heavy atom. The number of amides is 1. The van der Waals surface area contributed by atoms with Crippen molar-refractivity contribution in [3.63, 3.8) is 0 Å². The number of benzene rings is 1. The number of halogens is 2. The van der Waals surface area contributed by atoms with E-state index in [9.17, 15) is 9.18 Å². The highest BCUT2D eigenvalue weighted by molar-refractivity contribution is 9.10. The fourth-order valence-corrected chi connectivity index (χ4v) is 2.74. The third-order valence-corrected chi connectivity index (χ3v) is 3.89. The van der Waals surface area contributed by atoms with Gasteiger partial charge in [-0.15, -0.1) is 0 Å². The molecule has 1 unspecified atom stereocenters.